The number of hydrogen-bond acceptors (Lipinski definition) is 3. The van der Waals surface area contributed by atoms with Crippen LogP contribution in [0.2, 0.25) is 0 Å². The van der Waals surface area contributed by atoms with Gasteiger partial charge in [0.15, 0.2) is 0 Å². The number of amides is 3. The van der Waals surface area contributed by atoms with Crippen LogP contribution in [-0.4, -0.2) is 43.1 Å². The Hall–Kier alpha value is -3.30. The highest BCUT2D eigenvalue weighted by Crippen LogP contribution is 2.33. The molecule has 0 atom stereocenters. The van der Waals surface area contributed by atoms with Crippen molar-refractivity contribution in [2.45, 2.75) is 13.1 Å². The molecule has 0 spiro atoms. The Morgan fingerprint density at radius 1 is 1.13 bits per heavy atom. The van der Waals surface area contributed by atoms with Crippen molar-refractivity contribution in [1.29, 1.82) is 0 Å². The third kappa shape index (κ3) is 4.81. The van der Waals surface area contributed by atoms with Gasteiger partial charge in [-0.25, -0.2) is 9.18 Å². The summed E-state index contributed by atoms with van der Waals surface area (Å²) in [6.07, 6.45) is -4.88. The molecule has 0 aliphatic carbocycles. The summed E-state index contributed by atoms with van der Waals surface area (Å²) < 4.78 is 57.1. The van der Waals surface area contributed by atoms with E-state index in [1.165, 1.54) is 9.80 Å². The van der Waals surface area contributed by atoms with E-state index in [1.54, 1.807) is 24.3 Å². The van der Waals surface area contributed by atoms with Crippen LogP contribution in [0.1, 0.15) is 12.5 Å². The lowest BCUT2D eigenvalue weighted by Gasteiger charge is -2.19. The van der Waals surface area contributed by atoms with Crippen LogP contribution in [0.5, 0.6) is 5.75 Å². The van der Waals surface area contributed by atoms with Gasteiger partial charge in [-0.2, -0.15) is 13.2 Å². The predicted octanol–water partition coefficient (Wildman–Crippen LogP) is 4.12. The number of anilines is 2. The molecule has 1 aliphatic heterocycles. The Morgan fingerprint density at radius 2 is 1.83 bits per heavy atom. The molecule has 2 aromatic rings. The minimum absolute atomic E-state index is 0.205. The van der Waals surface area contributed by atoms with Gasteiger partial charge in [0.05, 0.1) is 12.2 Å². The zero-order valence-electron chi connectivity index (χ0n) is 16.0. The lowest BCUT2D eigenvalue weighted by molar-refractivity contribution is -0.140. The van der Waals surface area contributed by atoms with Gasteiger partial charge in [-0.1, -0.05) is 0 Å². The summed E-state index contributed by atoms with van der Waals surface area (Å²) in [7, 11) is 0. The number of rotatable bonds is 6. The van der Waals surface area contributed by atoms with Gasteiger partial charge in [-0.15, -0.1) is 0 Å². The molecule has 0 saturated carbocycles. The summed E-state index contributed by atoms with van der Waals surface area (Å²) in [5, 5.41) is 2.27. The number of nitrogens with one attached hydrogen (secondary N) is 1. The Kier molecular flexibility index (Phi) is 6.14. The van der Waals surface area contributed by atoms with Gasteiger partial charge < -0.3 is 15.0 Å². The first-order valence-electron chi connectivity index (χ1n) is 9.15. The Labute approximate surface area is 170 Å². The number of hydrogen-bond donors (Lipinski definition) is 1. The first kappa shape index (κ1) is 21.4. The van der Waals surface area contributed by atoms with E-state index in [0.717, 1.165) is 6.07 Å². The van der Waals surface area contributed by atoms with Gasteiger partial charge in [0.25, 0.3) is 0 Å². The highest BCUT2D eigenvalue weighted by Gasteiger charge is 2.35. The van der Waals surface area contributed by atoms with Crippen LogP contribution in [0.4, 0.5) is 33.7 Å². The molecule has 2 aromatic carbocycles. The molecule has 1 saturated heterocycles. The van der Waals surface area contributed by atoms with Crippen LogP contribution in [0, 0.1) is 5.82 Å². The molecular formula is C20H19F4N3O3. The Balaban J connectivity index is 1.62. The molecule has 30 heavy (non-hydrogen) atoms. The largest absolute Gasteiger partial charge is 0.494 e. The van der Waals surface area contributed by atoms with Crippen LogP contribution in [0.15, 0.2) is 42.5 Å². The van der Waals surface area contributed by atoms with Crippen LogP contribution >= 0.6 is 0 Å². The third-order valence-electron chi connectivity index (χ3n) is 4.44. The number of benzene rings is 2. The van der Waals surface area contributed by atoms with Crippen molar-refractivity contribution >= 4 is 23.3 Å². The number of carbonyl (C=O) groups is 2. The Bertz CT molecular complexity index is 932. The van der Waals surface area contributed by atoms with Gasteiger partial charge >= 0.3 is 12.2 Å². The molecule has 3 rings (SSSR count). The molecule has 0 bridgehead atoms. The summed E-state index contributed by atoms with van der Waals surface area (Å²) in [6.45, 7) is 2.66. The monoisotopic (exact) mass is 425 g/mol. The fourth-order valence-corrected chi connectivity index (χ4v) is 3.05. The summed E-state index contributed by atoms with van der Waals surface area (Å²) in [5.74, 6) is -1.44. The van der Waals surface area contributed by atoms with Gasteiger partial charge in [-0.05, 0) is 49.4 Å². The molecule has 1 heterocycles. The molecule has 0 radical (unpaired) electrons. The number of nitrogens with zero attached hydrogens (tertiary/aromatic N) is 2. The second-order valence-corrected chi connectivity index (χ2v) is 6.52. The van der Waals surface area contributed by atoms with E-state index in [1.807, 2.05) is 6.92 Å². The van der Waals surface area contributed by atoms with Gasteiger partial charge in [0.2, 0.25) is 5.91 Å². The van der Waals surface area contributed by atoms with Gasteiger partial charge in [0.1, 0.15) is 18.1 Å². The summed E-state index contributed by atoms with van der Waals surface area (Å²) >= 11 is 0. The molecule has 0 aromatic heterocycles. The zero-order valence-corrected chi connectivity index (χ0v) is 16.0. The van der Waals surface area contributed by atoms with Crippen LogP contribution < -0.4 is 15.0 Å². The van der Waals surface area contributed by atoms with Crippen molar-refractivity contribution < 1.29 is 31.9 Å². The normalized spacial score (nSPS) is 14.2. The molecule has 3 amide bonds. The van der Waals surface area contributed by atoms with Crippen LogP contribution in [0.3, 0.4) is 0 Å². The number of ether oxygens (including phenoxy) is 1. The summed E-state index contributed by atoms with van der Waals surface area (Å²) in [4.78, 5) is 27.5. The third-order valence-corrected chi connectivity index (χ3v) is 4.44. The maximum absolute atomic E-state index is 13.4. The zero-order chi connectivity index (χ0) is 21.9. The second kappa shape index (κ2) is 8.60. The number of alkyl halides is 3. The van der Waals surface area contributed by atoms with E-state index in [2.05, 4.69) is 5.32 Å². The summed E-state index contributed by atoms with van der Waals surface area (Å²) in [5.41, 5.74) is -1.04. The van der Waals surface area contributed by atoms with Crippen molar-refractivity contribution in [3.05, 3.63) is 53.8 Å². The standard InChI is InChI=1S/C20H19F4N3O3/c1-2-30-15-6-4-14(5-7-15)27-10-9-26(19(27)29)12-18(28)25-13-3-8-17(21)16(11-13)20(22,23)24/h3-8,11H,2,9-10,12H2,1H3,(H,25,28). The molecule has 160 valence electrons. The van der Waals surface area contributed by atoms with Gasteiger partial charge in [-0.3, -0.25) is 9.69 Å². The lowest BCUT2D eigenvalue weighted by Crippen LogP contribution is -2.37. The maximum Gasteiger partial charge on any atom is 0.419 e. The van der Waals surface area contributed by atoms with Crippen molar-refractivity contribution in [2.75, 3.05) is 36.5 Å². The molecule has 1 fully saturated rings. The van der Waals surface area contributed by atoms with E-state index >= 15 is 0 Å². The van der Waals surface area contributed by atoms with Gasteiger partial charge in [0, 0.05) is 24.5 Å². The highest BCUT2D eigenvalue weighted by atomic mass is 19.4. The Morgan fingerprint density at radius 3 is 2.47 bits per heavy atom. The van der Waals surface area contributed by atoms with E-state index in [-0.39, 0.29) is 18.8 Å². The van der Waals surface area contributed by atoms with E-state index in [0.29, 0.717) is 36.7 Å². The first-order valence-corrected chi connectivity index (χ1v) is 9.15. The molecular weight excluding hydrogens is 406 g/mol. The van der Waals surface area contributed by atoms with Crippen molar-refractivity contribution in [1.82, 2.24) is 4.90 Å². The number of carbonyl (C=O) groups excluding carboxylic acids is 2. The smallest absolute Gasteiger partial charge is 0.419 e. The van der Waals surface area contributed by atoms with E-state index in [4.69, 9.17) is 4.74 Å². The van der Waals surface area contributed by atoms with E-state index < -0.39 is 29.5 Å². The maximum atomic E-state index is 13.4. The predicted molar refractivity (Wildman–Crippen MR) is 102 cm³/mol. The van der Waals surface area contributed by atoms with Crippen LogP contribution in [-0.2, 0) is 11.0 Å². The number of halogens is 4. The average molecular weight is 425 g/mol. The fraction of sp³-hybridized carbons (Fsp3) is 0.300. The van der Waals surface area contributed by atoms with Crippen molar-refractivity contribution in [2.24, 2.45) is 0 Å². The number of urea groups is 1. The molecule has 1 aliphatic rings. The van der Waals surface area contributed by atoms with Crippen LogP contribution in [0.25, 0.3) is 0 Å². The summed E-state index contributed by atoms with van der Waals surface area (Å²) in [6, 6.07) is 8.69. The average Bonchev–Trinajstić information content (AvgIpc) is 3.03. The quantitative estimate of drug-likeness (QED) is 0.709. The fourth-order valence-electron chi connectivity index (χ4n) is 3.05. The van der Waals surface area contributed by atoms with Crippen molar-refractivity contribution in [3.63, 3.8) is 0 Å². The molecule has 6 nitrogen and oxygen atoms in total. The molecule has 10 heteroatoms. The first-order chi connectivity index (χ1) is 14.2. The van der Waals surface area contributed by atoms with Crippen molar-refractivity contribution in [3.8, 4) is 5.75 Å². The van der Waals surface area contributed by atoms with E-state index in [9.17, 15) is 27.2 Å². The second-order valence-electron chi connectivity index (χ2n) is 6.52. The topological polar surface area (TPSA) is 61.9 Å². The highest BCUT2D eigenvalue weighted by molar-refractivity contribution is 5.99. The minimum atomic E-state index is -4.88. The SMILES string of the molecule is CCOc1ccc(N2CCN(CC(=O)Nc3ccc(F)c(C(F)(F)F)c3)C2=O)cc1. The molecule has 1 N–H and O–H groups in total. The molecule has 0 unspecified atom stereocenters. The minimum Gasteiger partial charge on any atom is -0.494 e. The lowest BCUT2D eigenvalue weighted by atomic mass is 10.2.